The first-order valence-corrected chi connectivity index (χ1v) is 7.13. The van der Waals surface area contributed by atoms with Crippen molar-refractivity contribution < 1.29 is 13.6 Å². The Labute approximate surface area is 132 Å². The van der Waals surface area contributed by atoms with Gasteiger partial charge in [-0.05, 0) is 31.2 Å². The Hall–Kier alpha value is -2.82. The number of hydrogen-bond acceptors (Lipinski definition) is 2. The van der Waals surface area contributed by atoms with E-state index in [0.29, 0.717) is 27.7 Å². The van der Waals surface area contributed by atoms with Crippen molar-refractivity contribution in [3.8, 4) is 0 Å². The van der Waals surface area contributed by atoms with Crippen LogP contribution in [-0.4, -0.2) is 10.9 Å². The van der Waals surface area contributed by atoms with Crippen molar-refractivity contribution in [2.75, 3.05) is 0 Å². The van der Waals surface area contributed by atoms with Crippen molar-refractivity contribution in [3.05, 3.63) is 77.0 Å². The van der Waals surface area contributed by atoms with Crippen molar-refractivity contribution in [2.24, 2.45) is 0 Å². The molecule has 0 saturated heterocycles. The molecule has 116 valence electrons. The Morgan fingerprint density at radius 2 is 1.91 bits per heavy atom. The van der Waals surface area contributed by atoms with Gasteiger partial charge in [0.15, 0.2) is 0 Å². The average molecular weight is 312 g/mol. The highest BCUT2D eigenvalue weighted by molar-refractivity contribution is 6.06. The van der Waals surface area contributed by atoms with Crippen LogP contribution in [0.5, 0.6) is 0 Å². The summed E-state index contributed by atoms with van der Waals surface area (Å²) in [5.74, 6) is -1.13. The molecule has 1 aromatic heterocycles. The zero-order valence-corrected chi connectivity index (χ0v) is 12.4. The van der Waals surface area contributed by atoms with Gasteiger partial charge >= 0.3 is 0 Å². The van der Waals surface area contributed by atoms with Crippen LogP contribution in [-0.2, 0) is 6.54 Å². The van der Waals surface area contributed by atoms with Crippen molar-refractivity contribution in [1.29, 1.82) is 0 Å². The first-order valence-electron chi connectivity index (χ1n) is 7.13. The fraction of sp³-hybridized carbons (Fsp3) is 0.111. The third kappa shape index (κ3) is 3.18. The molecule has 3 aromatic rings. The van der Waals surface area contributed by atoms with Crippen LogP contribution in [0.2, 0.25) is 0 Å². The zero-order valence-electron chi connectivity index (χ0n) is 12.4. The number of carbonyl (C=O) groups is 1. The lowest BCUT2D eigenvalue weighted by atomic mass is 10.1. The summed E-state index contributed by atoms with van der Waals surface area (Å²) < 4.78 is 26.9. The molecule has 23 heavy (non-hydrogen) atoms. The largest absolute Gasteiger partial charge is 0.348 e. The molecule has 2 aromatic carbocycles. The van der Waals surface area contributed by atoms with Crippen LogP contribution < -0.4 is 5.32 Å². The maximum absolute atomic E-state index is 13.6. The first kappa shape index (κ1) is 15.1. The smallest absolute Gasteiger partial charge is 0.252 e. The lowest BCUT2D eigenvalue weighted by molar-refractivity contribution is 0.0952. The molecule has 3 rings (SSSR count). The molecule has 1 N–H and O–H groups in total. The van der Waals surface area contributed by atoms with Gasteiger partial charge < -0.3 is 5.32 Å². The van der Waals surface area contributed by atoms with E-state index < -0.39 is 5.82 Å². The number of aryl methyl sites for hydroxylation is 1. The first-order chi connectivity index (χ1) is 11.0. The van der Waals surface area contributed by atoms with Gasteiger partial charge in [-0.15, -0.1) is 0 Å². The van der Waals surface area contributed by atoms with E-state index in [1.807, 2.05) is 0 Å². The van der Waals surface area contributed by atoms with E-state index in [1.54, 1.807) is 31.2 Å². The SMILES string of the molecule is Cc1cc(C(=O)NCc2ccccc2F)c2ccc(F)cc2n1. The van der Waals surface area contributed by atoms with Gasteiger partial charge in [-0.2, -0.15) is 0 Å². The predicted octanol–water partition coefficient (Wildman–Crippen LogP) is 3.75. The van der Waals surface area contributed by atoms with Crippen molar-refractivity contribution >= 4 is 16.8 Å². The molecule has 0 saturated carbocycles. The number of amides is 1. The number of benzene rings is 2. The number of fused-ring (bicyclic) bond motifs is 1. The zero-order chi connectivity index (χ0) is 16.4. The van der Waals surface area contributed by atoms with Crippen LogP contribution in [0, 0.1) is 18.6 Å². The van der Waals surface area contributed by atoms with Crippen molar-refractivity contribution in [2.45, 2.75) is 13.5 Å². The summed E-state index contributed by atoms with van der Waals surface area (Å²) in [6.45, 7) is 1.81. The second-order valence-corrected chi connectivity index (χ2v) is 5.25. The van der Waals surface area contributed by atoms with Gasteiger partial charge in [0.25, 0.3) is 5.91 Å². The lowest BCUT2D eigenvalue weighted by Crippen LogP contribution is -2.23. The average Bonchev–Trinajstić information content (AvgIpc) is 2.52. The summed E-state index contributed by atoms with van der Waals surface area (Å²) in [6, 6.07) is 12.0. The molecule has 5 heteroatoms. The molecule has 0 fully saturated rings. The van der Waals surface area contributed by atoms with Gasteiger partial charge in [-0.1, -0.05) is 18.2 Å². The van der Waals surface area contributed by atoms with Gasteiger partial charge in [0, 0.05) is 29.3 Å². The highest BCUT2D eigenvalue weighted by Gasteiger charge is 2.13. The Morgan fingerprint density at radius 3 is 2.70 bits per heavy atom. The van der Waals surface area contributed by atoms with Crippen molar-refractivity contribution in [3.63, 3.8) is 0 Å². The molecule has 0 bridgehead atoms. The summed E-state index contributed by atoms with van der Waals surface area (Å²) in [4.78, 5) is 16.7. The van der Waals surface area contributed by atoms with Gasteiger partial charge in [-0.3, -0.25) is 9.78 Å². The van der Waals surface area contributed by atoms with Crippen LogP contribution in [0.4, 0.5) is 8.78 Å². The monoisotopic (exact) mass is 312 g/mol. The Balaban J connectivity index is 1.90. The minimum absolute atomic E-state index is 0.0789. The van der Waals surface area contributed by atoms with Crippen molar-refractivity contribution in [1.82, 2.24) is 10.3 Å². The molecule has 1 amide bonds. The molecule has 1 heterocycles. The molecule has 0 aliphatic carbocycles. The van der Waals surface area contributed by atoms with Crippen LogP contribution >= 0.6 is 0 Å². The van der Waals surface area contributed by atoms with E-state index in [-0.39, 0.29) is 18.3 Å². The van der Waals surface area contributed by atoms with Gasteiger partial charge in [-0.25, -0.2) is 8.78 Å². The highest BCUT2D eigenvalue weighted by atomic mass is 19.1. The van der Waals surface area contributed by atoms with Crippen LogP contribution in [0.25, 0.3) is 10.9 Å². The minimum atomic E-state index is -0.409. The number of halogens is 2. The van der Waals surface area contributed by atoms with E-state index in [0.717, 1.165) is 0 Å². The number of nitrogens with one attached hydrogen (secondary N) is 1. The van der Waals surface area contributed by atoms with Crippen LogP contribution in [0.3, 0.4) is 0 Å². The summed E-state index contributed by atoms with van der Waals surface area (Å²) >= 11 is 0. The standard InChI is InChI=1S/C18H14F2N2O/c1-11-8-15(14-7-6-13(19)9-17(14)22-11)18(23)21-10-12-4-2-3-5-16(12)20/h2-9H,10H2,1H3,(H,21,23). The minimum Gasteiger partial charge on any atom is -0.348 e. The van der Waals surface area contributed by atoms with E-state index in [4.69, 9.17) is 0 Å². The normalized spacial score (nSPS) is 10.7. The van der Waals surface area contributed by atoms with Crippen LogP contribution in [0.15, 0.2) is 48.5 Å². The summed E-state index contributed by atoms with van der Waals surface area (Å²) in [5.41, 5.74) is 1.83. The maximum atomic E-state index is 13.6. The number of rotatable bonds is 3. The summed E-state index contributed by atoms with van der Waals surface area (Å²) in [7, 11) is 0. The molecule has 0 atom stereocenters. The number of aromatic nitrogens is 1. The molecular weight excluding hydrogens is 298 g/mol. The Bertz CT molecular complexity index is 888. The van der Waals surface area contributed by atoms with Gasteiger partial charge in [0.2, 0.25) is 0 Å². The molecular formula is C18H14F2N2O. The van der Waals surface area contributed by atoms with E-state index in [9.17, 15) is 13.6 Å². The maximum Gasteiger partial charge on any atom is 0.252 e. The summed E-state index contributed by atoms with van der Waals surface area (Å²) in [5, 5.41) is 3.25. The fourth-order valence-electron chi connectivity index (χ4n) is 2.43. The topological polar surface area (TPSA) is 42.0 Å². The predicted molar refractivity (Wildman–Crippen MR) is 84.0 cm³/mol. The molecule has 0 spiro atoms. The quantitative estimate of drug-likeness (QED) is 0.800. The number of carbonyl (C=O) groups excluding carboxylic acids is 1. The van der Waals surface area contributed by atoms with E-state index in [2.05, 4.69) is 10.3 Å². The Morgan fingerprint density at radius 1 is 1.13 bits per heavy atom. The fourth-order valence-corrected chi connectivity index (χ4v) is 2.43. The van der Waals surface area contributed by atoms with E-state index >= 15 is 0 Å². The van der Waals surface area contributed by atoms with Gasteiger partial charge in [0.1, 0.15) is 11.6 Å². The second kappa shape index (κ2) is 6.12. The van der Waals surface area contributed by atoms with Crippen LogP contribution in [0.1, 0.15) is 21.6 Å². The lowest BCUT2D eigenvalue weighted by Gasteiger charge is -2.10. The molecule has 3 nitrogen and oxygen atoms in total. The number of hydrogen-bond donors (Lipinski definition) is 1. The number of nitrogens with zero attached hydrogens (tertiary/aromatic N) is 1. The molecule has 0 aliphatic rings. The molecule has 0 aliphatic heterocycles. The summed E-state index contributed by atoms with van der Waals surface area (Å²) in [6.07, 6.45) is 0. The third-order valence-corrected chi connectivity index (χ3v) is 3.54. The highest BCUT2D eigenvalue weighted by Crippen LogP contribution is 2.20. The van der Waals surface area contributed by atoms with Gasteiger partial charge in [0.05, 0.1) is 11.1 Å². The van der Waals surface area contributed by atoms with E-state index in [1.165, 1.54) is 24.3 Å². The Kier molecular flexibility index (Phi) is 4.02. The third-order valence-electron chi connectivity index (χ3n) is 3.54. The molecule has 0 unspecified atom stereocenters. The molecule has 0 radical (unpaired) electrons. The second-order valence-electron chi connectivity index (χ2n) is 5.25. The number of pyridine rings is 1.